The van der Waals surface area contributed by atoms with Gasteiger partial charge < -0.3 is 9.64 Å². The molecule has 0 unspecified atom stereocenters. The van der Waals surface area contributed by atoms with E-state index in [1.54, 1.807) is 30.2 Å². The van der Waals surface area contributed by atoms with Gasteiger partial charge in [-0.1, -0.05) is 24.8 Å². The third kappa shape index (κ3) is 4.67. The van der Waals surface area contributed by atoms with Crippen LogP contribution in [0, 0.1) is 10.1 Å². The van der Waals surface area contributed by atoms with E-state index in [4.69, 9.17) is 4.74 Å². The molecule has 0 spiro atoms. The topological polar surface area (TPSA) is 72.7 Å². The number of carbonyl (C=O) groups excluding carboxylic acids is 1. The van der Waals surface area contributed by atoms with Crippen LogP contribution in [0.2, 0.25) is 0 Å². The lowest BCUT2D eigenvalue weighted by Crippen LogP contribution is -2.18. The molecule has 0 amide bonds. The number of benzene rings is 2. The van der Waals surface area contributed by atoms with Gasteiger partial charge in [0.25, 0.3) is 5.69 Å². The Balaban J connectivity index is 2.19. The molecule has 2 rings (SSSR count). The second-order valence-electron chi connectivity index (χ2n) is 5.62. The second kappa shape index (κ2) is 8.10. The summed E-state index contributed by atoms with van der Waals surface area (Å²) in [5.74, 6) is 0.538. The second-order valence-corrected chi connectivity index (χ2v) is 5.62. The summed E-state index contributed by atoms with van der Waals surface area (Å²) < 4.78 is 5.43. The average Bonchev–Trinajstić information content (AvgIpc) is 2.60. The van der Waals surface area contributed by atoms with Crippen molar-refractivity contribution in [2.45, 2.75) is 13.5 Å². The summed E-state index contributed by atoms with van der Waals surface area (Å²) in [5.41, 5.74) is 1.69. The van der Waals surface area contributed by atoms with Crippen LogP contribution >= 0.6 is 0 Å². The van der Waals surface area contributed by atoms with Crippen molar-refractivity contribution >= 4 is 17.2 Å². The number of carbonyl (C=O) groups is 1. The third-order valence-corrected chi connectivity index (χ3v) is 3.70. The summed E-state index contributed by atoms with van der Waals surface area (Å²) in [6, 6.07) is 12.0. The van der Waals surface area contributed by atoms with Gasteiger partial charge in [0, 0.05) is 25.2 Å². The number of anilines is 1. The van der Waals surface area contributed by atoms with E-state index in [1.165, 1.54) is 13.0 Å². The van der Waals surface area contributed by atoms with Crippen LogP contribution in [0.25, 0.3) is 0 Å². The highest BCUT2D eigenvalue weighted by Crippen LogP contribution is 2.30. The maximum absolute atomic E-state index is 11.4. The molecule has 0 aliphatic heterocycles. The summed E-state index contributed by atoms with van der Waals surface area (Å²) in [6.45, 7) is 5.91. The van der Waals surface area contributed by atoms with Crippen molar-refractivity contribution in [3.05, 3.63) is 76.4 Å². The maximum atomic E-state index is 11.4. The van der Waals surface area contributed by atoms with Crippen molar-refractivity contribution in [3.8, 4) is 5.75 Å². The van der Waals surface area contributed by atoms with Crippen LogP contribution in [0.4, 0.5) is 11.4 Å². The van der Waals surface area contributed by atoms with Crippen LogP contribution in [0.3, 0.4) is 0 Å². The third-order valence-electron chi connectivity index (χ3n) is 3.70. The van der Waals surface area contributed by atoms with Crippen molar-refractivity contribution in [2.24, 2.45) is 0 Å². The highest BCUT2D eigenvalue weighted by Gasteiger charge is 2.19. The van der Waals surface area contributed by atoms with Crippen molar-refractivity contribution in [3.63, 3.8) is 0 Å². The SMILES string of the molecule is C=CCOc1ccc(CN(C)c2ccc(C(C)=O)cc2[N+](=O)[O-])cc1. The number of hydrogen-bond donors (Lipinski definition) is 0. The minimum atomic E-state index is -0.468. The van der Waals surface area contributed by atoms with Crippen LogP contribution in [0.1, 0.15) is 22.8 Å². The molecule has 25 heavy (non-hydrogen) atoms. The number of nitro groups is 1. The number of ether oxygens (including phenoxy) is 1. The number of Topliss-reactive ketones (excluding diaryl/α,β-unsaturated/α-hetero) is 1. The summed E-state index contributed by atoms with van der Waals surface area (Å²) >= 11 is 0. The first-order valence-corrected chi connectivity index (χ1v) is 7.75. The summed E-state index contributed by atoms with van der Waals surface area (Å²) in [4.78, 5) is 24.1. The summed E-state index contributed by atoms with van der Waals surface area (Å²) in [6.07, 6.45) is 1.67. The van der Waals surface area contributed by atoms with Crippen molar-refractivity contribution < 1.29 is 14.5 Å². The first-order valence-electron chi connectivity index (χ1n) is 7.75. The lowest BCUT2D eigenvalue weighted by molar-refractivity contribution is -0.384. The number of rotatable bonds is 8. The quantitative estimate of drug-likeness (QED) is 0.314. The monoisotopic (exact) mass is 340 g/mol. The van der Waals surface area contributed by atoms with Gasteiger partial charge in [0.1, 0.15) is 18.0 Å². The maximum Gasteiger partial charge on any atom is 0.293 e. The zero-order chi connectivity index (χ0) is 18.4. The number of ketones is 1. The molecule has 0 saturated carbocycles. The largest absolute Gasteiger partial charge is 0.490 e. The highest BCUT2D eigenvalue weighted by atomic mass is 16.6. The normalized spacial score (nSPS) is 10.2. The molecular formula is C19H20N2O4. The highest BCUT2D eigenvalue weighted by molar-refractivity contribution is 5.95. The molecule has 6 nitrogen and oxygen atoms in total. The predicted octanol–water partition coefficient (Wildman–Crippen LogP) is 4.00. The van der Waals surface area contributed by atoms with Gasteiger partial charge in [0.15, 0.2) is 5.78 Å². The van der Waals surface area contributed by atoms with Crippen LogP contribution in [-0.2, 0) is 6.54 Å². The molecule has 0 N–H and O–H groups in total. The Kier molecular flexibility index (Phi) is 5.89. The fourth-order valence-corrected chi connectivity index (χ4v) is 2.42. The number of nitrogens with zero attached hydrogens (tertiary/aromatic N) is 2. The smallest absolute Gasteiger partial charge is 0.293 e. The van der Waals surface area contributed by atoms with Crippen molar-refractivity contribution in [1.82, 2.24) is 0 Å². The van der Waals surface area contributed by atoms with E-state index < -0.39 is 4.92 Å². The fourth-order valence-electron chi connectivity index (χ4n) is 2.42. The van der Waals surface area contributed by atoms with Gasteiger partial charge in [-0.25, -0.2) is 0 Å². The van der Waals surface area contributed by atoms with Crippen LogP contribution < -0.4 is 9.64 Å². The molecule has 130 valence electrons. The molecule has 0 heterocycles. The van der Waals surface area contributed by atoms with Gasteiger partial charge in [-0.3, -0.25) is 14.9 Å². The molecule has 0 saturated heterocycles. The predicted molar refractivity (Wildman–Crippen MR) is 97.3 cm³/mol. The average molecular weight is 340 g/mol. The van der Waals surface area contributed by atoms with E-state index in [0.717, 1.165) is 11.3 Å². The molecule has 0 fully saturated rings. The molecule has 0 aliphatic carbocycles. The first-order chi connectivity index (χ1) is 11.9. The zero-order valence-corrected chi connectivity index (χ0v) is 14.3. The van der Waals surface area contributed by atoms with Crippen LogP contribution in [0.5, 0.6) is 5.75 Å². The Bertz CT molecular complexity index is 785. The minimum absolute atomic E-state index is 0.0823. The minimum Gasteiger partial charge on any atom is -0.490 e. The molecule has 2 aromatic rings. The van der Waals surface area contributed by atoms with Gasteiger partial charge in [-0.05, 0) is 36.8 Å². The Morgan fingerprint density at radius 1 is 1.28 bits per heavy atom. The molecule has 0 aliphatic rings. The molecule has 2 aromatic carbocycles. The lowest BCUT2D eigenvalue weighted by atomic mass is 10.1. The fraction of sp³-hybridized carbons (Fsp3) is 0.211. The molecule has 6 heteroatoms. The van der Waals surface area contributed by atoms with Crippen LogP contribution in [0.15, 0.2) is 55.1 Å². The van der Waals surface area contributed by atoms with E-state index in [-0.39, 0.29) is 11.5 Å². The molecule has 0 radical (unpaired) electrons. The van der Waals surface area contributed by atoms with Gasteiger partial charge in [-0.15, -0.1) is 0 Å². The van der Waals surface area contributed by atoms with E-state index in [1.807, 2.05) is 24.3 Å². The van der Waals surface area contributed by atoms with Gasteiger partial charge >= 0.3 is 0 Å². The standard InChI is InChI=1S/C19H20N2O4/c1-4-11-25-17-8-5-15(6-9-17)13-20(3)18-10-7-16(14(2)22)12-19(18)21(23)24/h4-10,12H,1,11,13H2,2-3H3. The van der Waals surface area contributed by atoms with Crippen molar-refractivity contribution in [2.75, 3.05) is 18.6 Å². The molecule has 0 bridgehead atoms. The zero-order valence-electron chi connectivity index (χ0n) is 14.3. The number of hydrogen-bond acceptors (Lipinski definition) is 5. The molecule has 0 aromatic heterocycles. The Labute approximate surface area is 146 Å². The van der Waals surface area contributed by atoms with Gasteiger partial charge in [0.2, 0.25) is 0 Å². The Hall–Kier alpha value is -3.15. The van der Waals surface area contributed by atoms with Gasteiger partial charge in [0.05, 0.1) is 4.92 Å². The molecular weight excluding hydrogens is 320 g/mol. The summed E-state index contributed by atoms with van der Waals surface area (Å²) in [5, 5.41) is 11.3. The summed E-state index contributed by atoms with van der Waals surface area (Å²) in [7, 11) is 1.78. The lowest BCUT2D eigenvalue weighted by Gasteiger charge is -2.19. The van der Waals surface area contributed by atoms with E-state index in [9.17, 15) is 14.9 Å². The Morgan fingerprint density at radius 3 is 2.52 bits per heavy atom. The number of nitro benzene ring substituents is 1. The van der Waals surface area contributed by atoms with E-state index in [2.05, 4.69) is 6.58 Å². The first kappa shape index (κ1) is 18.2. The van der Waals surface area contributed by atoms with Gasteiger partial charge in [-0.2, -0.15) is 0 Å². The van der Waals surface area contributed by atoms with E-state index in [0.29, 0.717) is 24.4 Å². The van der Waals surface area contributed by atoms with Crippen LogP contribution in [-0.4, -0.2) is 24.4 Å². The Morgan fingerprint density at radius 2 is 1.96 bits per heavy atom. The van der Waals surface area contributed by atoms with Crippen molar-refractivity contribution in [1.29, 1.82) is 0 Å². The van der Waals surface area contributed by atoms with E-state index >= 15 is 0 Å². The molecule has 0 atom stereocenters.